The molecule has 0 aromatic rings. The third kappa shape index (κ3) is 24.7. The van der Waals surface area contributed by atoms with E-state index in [0.717, 1.165) is 44.9 Å². The van der Waals surface area contributed by atoms with Crippen molar-refractivity contribution in [3.8, 4) is 0 Å². The Balaban J connectivity index is 1.91. The van der Waals surface area contributed by atoms with Gasteiger partial charge in [0, 0.05) is 24.9 Å². The van der Waals surface area contributed by atoms with E-state index >= 15 is 0 Å². The molecule has 1 fully saturated rings. The zero-order chi connectivity index (χ0) is 29.6. The van der Waals surface area contributed by atoms with Gasteiger partial charge in [-0.3, -0.25) is 9.59 Å². The Bertz CT molecular complexity index is 616. The maximum Gasteiger partial charge on any atom is 0.220 e. The third-order valence-electron chi connectivity index (χ3n) is 8.49. The van der Waals surface area contributed by atoms with Crippen molar-refractivity contribution >= 4 is 11.8 Å². The fourth-order valence-electron chi connectivity index (χ4n) is 5.85. The lowest BCUT2D eigenvalue weighted by Gasteiger charge is -2.15. The number of rotatable bonds is 28. The van der Waals surface area contributed by atoms with Crippen LogP contribution in [0, 0.1) is 0 Å². The summed E-state index contributed by atoms with van der Waals surface area (Å²) in [5.74, 6) is 0.380. The van der Waals surface area contributed by atoms with Crippen LogP contribution >= 0.6 is 0 Å². The Labute approximate surface area is 255 Å². The molecule has 0 bridgehead atoms. The van der Waals surface area contributed by atoms with Crippen molar-refractivity contribution in [1.29, 1.82) is 0 Å². The molecule has 41 heavy (non-hydrogen) atoms. The van der Waals surface area contributed by atoms with Gasteiger partial charge in [-0.25, -0.2) is 0 Å². The molecular formula is C37H68N2O2. The maximum atomic E-state index is 12.4. The number of carbonyl (C=O) groups is 2. The standard InChI is InChI=1S/C37H68N2O2/c1-3-5-7-9-11-13-15-17-19-21-23-25-27-29-36(40)38-34-31-32-35(33-34)39-37(41)30-28-26-24-22-20-18-16-14-12-10-8-6-4-2/h13-16,34-35H,3-12,17-33H2,1-2H3,(H,38,40)(H,39,41)/t34-,35+. The van der Waals surface area contributed by atoms with E-state index in [9.17, 15) is 9.59 Å². The first-order valence-corrected chi connectivity index (χ1v) is 18.0. The van der Waals surface area contributed by atoms with Crippen LogP contribution in [0.5, 0.6) is 0 Å². The van der Waals surface area contributed by atoms with Crippen LogP contribution in [0.4, 0.5) is 0 Å². The van der Waals surface area contributed by atoms with E-state index in [1.165, 1.54) is 116 Å². The Kier molecular flexibility index (Phi) is 26.1. The second kappa shape index (κ2) is 28.5. The van der Waals surface area contributed by atoms with Gasteiger partial charge in [-0.1, -0.05) is 115 Å². The van der Waals surface area contributed by atoms with Crippen molar-refractivity contribution in [3.63, 3.8) is 0 Å². The predicted octanol–water partition coefficient (Wildman–Crippen LogP) is 10.7. The molecule has 4 heteroatoms. The molecule has 0 aromatic heterocycles. The second-order valence-corrected chi connectivity index (χ2v) is 12.6. The van der Waals surface area contributed by atoms with Crippen molar-refractivity contribution < 1.29 is 9.59 Å². The smallest absolute Gasteiger partial charge is 0.220 e. The van der Waals surface area contributed by atoms with Crippen LogP contribution in [0.25, 0.3) is 0 Å². The summed E-state index contributed by atoms with van der Waals surface area (Å²) in [5, 5.41) is 6.43. The van der Waals surface area contributed by atoms with E-state index in [4.69, 9.17) is 0 Å². The number of unbranched alkanes of at least 4 members (excludes halogenated alkanes) is 18. The summed E-state index contributed by atoms with van der Waals surface area (Å²) in [4.78, 5) is 24.7. The Morgan fingerprint density at radius 1 is 0.488 bits per heavy atom. The minimum Gasteiger partial charge on any atom is -0.353 e. The molecule has 0 aliphatic heterocycles. The minimum absolute atomic E-state index is 0.190. The van der Waals surface area contributed by atoms with Crippen LogP contribution < -0.4 is 10.6 Å². The van der Waals surface area contributed by atoms with Crippen LogP contribution in [0.2, 0.25) is 0 Å². The molecule has 0 aromatic carbocycles. The zero-order valence-electron chi connectivity index (χ0n) is 27.4. The first-order chi connectivity index (χ1) is 20.2. The highest BCUT2D eigenvalue weighted by Gasteiger charge is 2.26. The molecule has 238 valence electrons. The van der Waals surface area contributed by atoms with Crippen molar-refractivity contribution in [2.75, 3.05) is 0 Å². The molecule has 0 saturated heterocycles. The maximum absolute atomic E-state index is 12.4. The quantitative estimate of drug-likeness (QED) is 0.0723. The zero-order valence-corrected chi connectivity index (χ0v) is 27.4. The van der Waals surface area contributed by atoms with E-state index in [0.29, 0.717) is 12.8 Å². The fourth-order valence-corrected chi connectivity index (χ4v) is 5.85. The normalized spacial score (nSPS) is 17.1. The van der Waals surface area contributed by atoms with Gasteiger partial charge in [0.25, 0.3) is 0 Å². The highest BCUT2D eigenvalue weighted by molar-refractivity contribution is 5.77. The summed E-state index contributed by atoms with van der Waals surface area (Å²) in [6.45, 7) is 4.52. The van der Waals surface area contributed by atoms with E-state index in [1.54, 1.807) is 0 Å². The van der Waals surface area contributed by atoms with Crippen molar-refractivity contribution in [2.24, 2.45) is 0 Å². The number of carbonyl (C=O) groups excluding carboxylic acids is 2. The second-order valence-electron chi connectivity index (χ2n) is 12.6. The number of hydrogen-bond donors (Lipinski definition) is 2. The number of allylic oxidation sites excluding steroid dienone is 4. The summed E-state index contributed by atoms with van der Waals surface area (Å²) < 4.78 is 0. The van der Waals surface area contributed by atoms with Gasteiger partial charge in [-0.2, -0.15) is 0 Å². The molecule has 1 saturated carbocycles. The first-order valence-electron chi connectivity index (χ1n) is 18.0. The van der Waals surface area contributed by atoms with E-state index in [1.807, 2.05) is 0 Å². The van der Waals surface area contributed by atoms with Crippen LogP contribution in [-0.2, 0) is 9.59 Å². The lowest BCUT2D eigenvalue weighted by atomic mass is 10.1. The number of nitrogens with one attached hydrogen (secondary N) is 2. The van der Waals surface area contributed by atoms with Gasteiger partial charge in [-0.15, -0.1) is 0 Å². The summed E-state index contributed by atoms with van der Waals surface area (Å²) in [6, 6.07) is 0.457. The van der Waals surface area contributed by atoms with E-state index in [2.05, 4.69) is 48.8 Å². The molecule has 1 aliphatic carbocycles. The Morgan fingerprint density at radius 2 is 0.805 bits per heavy atom. The van der Waals surface area contributed by atoms with Crippen LogP contribution in [-0.4, -0.2) is 23.9 Å². The van der Waals surface area contributed by atoms with E-state index in [-0.39, 0.29) is 23.9 Å². The first kappa shape index (κ1) is 37.4. The monoisotopic (exact) mass is 573 g/mol. The molecule has 2 amide bonds. The molecule has 0 unspecified atom stereocenters. The topological polar surface area (TPSA) is 58.2 Å². The fraction of sp³-hybridized carbons (Fsp3) is 0.838. The van der Waals surface area contributed by atoms with E-state index < -0.39 is 0 Å². The van der Waals surface area contributed by atoms with Gasteiger partial charge in [0.05, 0.1) is 0 Å². The van der Waals surface area contributed by atoms with Gasteiger partial charge in [0.15, 0.2) is 0 Å². The SMILES string of the molecule is CCCCCCC=CCCCCCCCC(=O)N[C@@H]1CC[C@H](NC(=O)CCCCCCCC=CCCCCCC)C1. The summed E-state index contributed by atoms with van der Waals surface area (Å²) in [6.07, 6.45) is 41.0. The number of amides is 2. The van der Waals surface area contributed by atoms with Gasteiger partial charge < -0.3 is 10.6 Å². The summed E-state index contributed by atoms with van der Waals surface area (Å²) >= 11 is 0. The van der Waals surface area contributed by atoms with Crippen molar-refractivity contribution in [3.05, 3.63) is 24.3 Å². The predicted molar refractivity (Wildman–Crippen MR) is 178 cm³/mol. The van der Waals surface area contributed by atoms with Gasteiger partial charge in [0.1, 0.15) is 0 Å². The highest BCUT2D eigenvalue weighted by atomic mass is 16.2. The Hall–Kier alpha value is -1.58. The summed E-state index contributed by atoms with van der Waals surface area (Å²) in [7, 11) is 0. The van der Waals surface area contributed by atoms with Crippen LogP contribution in [0.3, 0.4) is 0 Å². The Morgan fingerprint density at radius 3 is 1.17 bits per heavy atom. The number of hydrogen-bond acceptors (Lipinski definition) is 2. The average molecular weight is 573 g/mol. The van der Waals surface area contributed by atoms with Crippen molar-refractivity contribution in [1.82, 2.24) is 10.6 Å². The van der Waals surface area contributed by atoms with Gasteiger partial charge in [0.2, 0.25) is 11.8 Å². The van der Waals surface area contributed by atoms with Crippen molar-refractivity contribution in [2.45, 2.75) is 199 Å². The average Bonchev–Trinajstić information content (AvgIpc) is 3.39. The molecule has 0 radical (unpaired) electrons. The molecular weight excluding hydrogens is 504 g/mol. The molecule has 2 N–H and O–H groups in total. The molecule has 4 nitrogen and oxygen atoms in total. The minimum atomic E-state index is 0.190. The lowest BCUT2D eigenvalue weighted by molar-refractivity contribution is -0.122. The third-order valence-corrected chi connectivity index (χ3v) is 8.49. The largest absolute Gasteiger partial charge is 0.353 e. The molecule has 1 rings (SSSR count). The van der Waals surface area contributed by atoms with Crippen LogP contribution in [0.15, 0.2) is 24.3 Å². The van der Waals surface area contributed by atoms with Gasteiger partial charge in [-0.05, 0) is 83.5 Å². The molecule has 0 spiro atoms. The summed E-state index contributed by atoms with van der Waals surface area (Å²) in [5.41, 5.74) is 0. The lowest BCUT2D eigenvalue weighted by Crippen LogP contribution is -2.37. The highest BCUT2D eigenvalue weighted by Crippen LogP contribution is 2.20. The molecule has 1 aliphatic rings. The van der Waals surface area contributed by atoms with Crippen LogP contribution in [0.1, 0.15) is 187 Å². The molecule has 0 heterocycles. The van der Waals surface area contributed by atoms with Gasteiger partial charge >= 0.3 is 0 Å². The molecule has 2 atom stereocenters.